The maximum atomic E-state index is 12.9. The average Bonchev–Trinajstić information content (AvgIpc) is 3.37. The van der Waals surface area contributed by atoms with Crippen LogP contribution in [0.3, 0.4) is 0 Å². The Morgan fingerprint density at radius 3 is 2.52 bits per heavy atom. The van der Waals surface area contributed by atoms with Crippen molar-refractivity contribution >= 4 is 29.9 Å². The second-order valence-corrected chi connectivity index (χ2v) is 6.74. The van der Waals surface area contributed by atoms with Crippen molar-refractivity contribution < 1.29 is 17.6 Å². The molecule has 6 nitrogen and oxygen atoms in total. The van der Waals surface area contributed by atoms with Gasteiger partial charge in [-0.25, -0.2) is 4.99 Å². The molecule has 0 unspecified atom stereocenters. The van der Waals surface area contributed by atoms with Gasteiger partial charge in [0.2, 0.25) is 0 Å². The Kier molecular flexibility index (Phi) is 9.41. The zero-order valence-electron chi connectivity index (χ0n) is 17.0. The van der Waals surface area contributed by atoms with Gasteiger partial charge in [-0.05, 0) is 35.9 Å². The van der Waals surface area contributed by atoms with Crippen molar-refractivity contribution in [1.82, 2.24) is 20.4 Å². The Morgan fingerprint density at radius 1 is 1.10 bits per heavy atom. The Bertz CT molecular complexity index is 954. The number of nitrogens with one attached hydrogen (secondary N) is 2. The number of furan rings is 1. The van der Waals surface area contributed by atoms with Crippen molar-refractivity contribution in [1.29, 1.82) is 0 Å². The smallest absolute Gasteiger partial charge is 0.416 e. The van der Waals surface area contributed by atoms with E-state index >= 15 is 0 Å². The van der Waals surface area contributed by atoms with E-state index in [1.165, 1.54) is 6.07 Å². The molecule has 2 heterocycles. The molecule has 31 heavy (non-hydrogen) atoms. The molecule has 0 saturated carbocycles. The van der Waals surface area contributed by atoms with Gasteiger partial charge >= 0.3 is 6.18 Å². The largest absolute Gasteiger partial charge is 0.469 e. The summed E-state index contributed by atoms with van der Waals surface area (Å²) in [7, 11) is 1.87. The van der Waals surface area contributed by atoms with Crippen LogP contribution in [0.15, 0.2) is 64.3 Å². The molecule has 10 heteroatoms. The highest BCUT2D eigenvalue weighted by Gasteiger charge is 2.30. The second kappa shape index (κ2) is 11.8. The normalized spacial score (nSPS) is 11.8. The van der Waals surface area contributed by atoms with E-state index < -0.39 is 11.7 Å². The summed E-state index contributed by atoms with van der Waals surface area (Å²) in [5.41, 5.74) is 0.880. The number of hydrogen-bond donors (Lipinski definition) is 2. The second-order valence-electron chi connectivity index (χ2n) is 6.74. The van der Waals surface area contributed by atoms with Crippen molar-refractivity contribution in [3.05, 3.63) is 77.5 Å². The van der Waals surface area contributed by atoms with Crippen molar-refractivity contribution in [3.63, 3.8) is 0 Å². The molecule has 0 fully saturated rings. The van der Waals surface area contributed by atoms with E-state index in [0.717, 1.165) is 30.0 Å². The summed E-state index contributed by atoms with van der Waals surface area (Å²) in [6, 6.07) is 10.9. The molecular formula is C21H25F3IN5O. The first-order valence-electron chi connectivity index (χ1n) is 9.59. The molecule has 0 aliphatic carbocycles. The number of benzene rings is 1. The number of alkyl halides is 3. The summed E-state index contributed by atoms with van der Waals surface area (Å²) in [5, 5.41) is 10.6. The fourth-order valence-corrected chi connectivity index (χ4v) is 2.91. The molecule has 1 aromatic carbocycles. The Labute approximate surface area is 196 Å². The number of hydrogen-bond acceptors (Lipinski definition) is 3. The first-order valence-corrected chi connectivity index (χ1v) is 9.59. The van der Waals surface area contributed by atoms with Gasteiger partial charge in [0.15, 0.2) is 5.96 Å². The first-order chi connectivity index (χ1) is 14.4. The third-order valence-corrected chi connectivity index (χ3v) is 4.51. The van der Waals surface area contributed by atoms with Crippen LogP contribution >= 0.6 is 24.0 Å². The lowest BCUT2D eigenvalue weighted by molar-refractivity contribution is -0.137. The van der Waals surface area contributed by atoms with Gasteiger partial charge in [-0.15, -0.1) is 24.0 Å². The molecule has 0 amide bonds. The number of aryl methyl sites for hydroxylation is 1. The van der Waals surface area contributed by atoms with E-state index in [0.29, 0.717) is 31.0 Å². The van der Waals surface area contributed by atoms with E-state index in [4.69, 9.17) is 4.42 Å². The molecule has 168 valence electrons. The maximum absolute atomic E-state index is 12.9. The molecule has 0 spiro atoms. The molecule has 2 N–H and O–H groups in total. The Morgan fingerprint density at radius 2 is 1.87 bits per heavy atom. The lowest BCUT2D eigenvalue weighted by atomic mass is 10.1. The maximum Gasteiger partial charge on any atom is 0.416 e. The molecular weight excluding hydrogens is 522 g/mol. The molecule has 0 saturated heterocycles. The number of halogens is 4. The zero-order chi connectivity index (χ0) is 21.4. The molecule has 0 aliphatic heterocycles. The fourth-order valence-electron chi connectivity index (χ4n) is 2.91. The van der Waals surface area contributed by atoms with E-state index in [2.05, 4.69) is 20.7 Å². The molecule has 0 radical (unpaired) electrons. The van der Waals surface area contributed by atoms with Crippen molar-refractivity contribution in [2.24, 2.45) is 12.0 Å². The first kappa shape index (κ1) is 24.8. The predicted molar refractivity (Wildman–Crippen MR) is 123 cm³/mol. The van der Waals surface area contributed by atoms with Gasteiger partial charge in [-0.1, -0.05) is 12.1 Å². The van der Waals surface area contributed by atoms with Crippen LogP contribution in [-0.2, 0) is 32.6 Å². The van der Waals surface area contributed by atoms with Gasteiger partial charge in [0, 0.05) is 44.9 Å². The van der Waals surface area contributed by atoms with Gasteiger partial charge in [0.05, 0.1) is 18.4 Å². The lowest BCUT2D eigenvalue weighted by Gasteiger charge is -2.13. The Hall–Kier alpha value is -2.50. The van der Waals surface area contributed by atoms with Crippen LogP contribution in [0.4, 0.5) is 13.2 Å². The van der Waals surface area contributed by atoms with Crippen molar-refractivity contribution in [2.45, 2.75) is 25.6 Å². The van der Waals surface area contributed by atoms with E-state index in [-0.39, 0.29) is 30.5 Å². The molecule has 3 rings (SSSR count). The van der Waals surface area contributed by atoms with Gasteiger partial charge in [-0.2, -0.15) is 18.3 Å². The highest BCUT2D eigenvalue weighted by Crippen LogP contribution is 2.29. The van der Waals surface area contributed by atoms with Crippen LogP contribution < -0.4 is 10.6 Å². The van der Waals surface area contributed by atoms with E-state index in [1.807, 2.05) is 25.2 Å². The minimum absolute atomic E-state index is 0. The third kappa shape index (κ3) is 7.93. The summed E-state index contributed by atoms with van der Waals surface area (Å²) in [5.74, 6) is 1.37. The number of guanidine groups is 1. The summed E-state index contributed by atoms with van der Waals surface area (Å²) in [6.07, 6.45) is 0.382. The Balaban J connectivity index is 0.00000341. The molecule has 3 aromatic rings. The van der Waals surface area contributed by atoms with Crippen LogP contribution in [0.1, 0.15) is 22.6 Å². The summed E-state index contributed by atoms with van der Waals surface area (Å²) < 4.78 is 45.9. The molecule has 2 aromatic heterocycles. The van der Waals surface area contributed by atoms with E-state index in [9.17, 15) is 13.2 Å². The number of rotatable bonds is 8. The average molecular weight is 547 g/mol. The van der Waals surface area contributed by atoms with Crippen molar-refractivity contribution in [3.8, 4) is 0 Å². The van der Waals surface area contributed by atoms with Gasteiger partial charge in [-0.3, -0.25) is 4.68 Å². The standard InChI is InChI=1S/C21H24F3N5O.HI/c1-29-18(8-12-28-29)7-10-25-20(26-11-9-19-6-3-13-30-19)27-15-16-4-2-5-17(14-16)21(22,23)24;/h2-6,8,12-14H,7,9-11,15H2,1H3,(H2,25,26,27);1H. The SMILES string of the molecule is Cn1nccc1CCNC(=NCc1cccc(C(F)(F)F)c1)NCCc1ccco1.I. The highest BCUT2D eigenvalue weighted by molar-refractivity contribution is 14.0. The van der Waals surface area contributed by atoms with Crippen LogP contribution in [0.2, 0.25) is 0 Å². The zero-order valence-corrected chi connectivity index (χ0v) is 19.4. The van der Waals surface area contributed by atoms with E-state index in [1.54, 1.807) is 23.2 Å². The van der Waals surface area contributed by atoms with Crippen molar-refractivity contribution in [2.75, 3.05) is 13.1 Å². The molecule has 0 aliphatic rings. The topological polar surface area (TPSA) is 67.4 Å². The summed E-state index contributed by atoms with van der Waals surface area (Å²) >= 11 is 0. The third-order valence-electron chi connectivity index (χ3n) is 4.51. The van der Waals surface area contributed by atoms with Crippen LogP contribution in [-0.4, -0.2) is 28.8 Å². The number of nitrogens with zero attached hydrogens (tertiary/aromatic N) is 3. The minimum Gasteiger partial charge on any atom is -0.469 e. The predicted octanol–water partition coefficient (Wildman–Crippen LogP) is 4.17. The molecule has 0 atom stereocenters. The number of aromatic nitrogens is 2. The van der Waals surface area contributed by atoms with Crippen LogP contribution in [0.5, 0.6) is 0 Å². The van der Waals surface area contributed by atoms with Crippen LogP contribution in [0, 0.1) is 0 Å². The lowest BCUT2D eigenvalue weighted by Crippen LogP contribution is -2.39. The highest BCUT2D eigenvalue weighted by atomic mass is 127. The monoisotopic (exact) mass is 547 g/mol. The summed E-state index contributed by atoms with van der Waals surface area (Å²) in [6.45, 7) is 1.31. The fraction of sp³-hybridized carbons (Fsp3) is 0.333. The van der Waals surface area contributed by atoms with Gasteiger partial charge in [0.25, 0.3) is 0 Å². The summed E-state index contributed by atoms with van der Waals surface area (Å²) in [4.78, 5) is 4.45. The number of aliphatic imine (C=N–C) groups is 1. The quantitative estimate of drug-likeness (QED) is 0.253. The van der Waals surface area contributed by atoms with Gasteiger partial charge < -0.3 is 15.1 Å². The van der Waals surface area contributed by atoms with Crippen LogP contribution in [0.25, 0.3) is 0 Å². The minimum atomic E-state index is -4.37. The van der Waals surface area contributed by atoms with Gasteiger partial charge in [0.1, 0.15) is 5.76 Å². The molecule has 0 bridgehead atoms.